The molecule has 0 amide bonds. The number of halogens is 1. The van der Waals surface area contributed by atoms with E-state index in [9.17, 15) is 9.59 Å². The Morgan fingerprint density at radius 1 is 0.952 bits per heavy atom. The highest BCUT2D eigenvalue weighted by Gasteiger charge is 2.46. The van der Waals surface area contributed by atoms with Gasteiger partial charge in [-0.15, -0.1) is 0 Å². The molecule has 1 saturated heterocycles. The minimum atomic E-state index is -1.02. The van der Waals surface area contributed by atoms with Crippen LogP contribution in [-0.2, 0) is 19.1 Å². The molecule has 0 bridgehead atoms. The maximum absolute atomic E-state index is 12.2. The molecule has 1 spiro atoms. The highest BCUT2D eigenvalue weighted by molar-refractivity contribution is 14.1. The fourth-order valence-electron chi connectivity index (χ4n) is 2.69. The van der Waals surface area contributed by atoms with Crippen molar-refractivity contribution in [3.05, 3.63) is 39.0 Å². The van der Waals surface area contributed by atoms with Gasteiger partial charge in [0.15, 0.2) is 0 Å². The molecule has 0 atom stereocenters. The van der Waals surface area contributed by atoms with Crippen LogP contribution in [0.5, 0.6) is 0 Å². The summed E-state index contributed by atoms with van der Waals surface area (Å²) in [6, 6.07) is 7.52. The lowest BCUT2D eigenvalue weighted by Gasteiger charge is -2.38. The molecule has 0 N–H and O–H groups in total. The molecule has 1 aliphatic carbocycles. The molecule has 0 aromatic heterocycles. The van der Waals surface area contributed by atoms with E-state index in [1.807, 2.05) is 24.3 Å². The van der Waals surface area contributed by atoms with Crippen LogP contribution in [0.1, 0.15) is 37.7 Å². The van der Waals surface area contributed by atoms with Crippen LogP contribution in [0.3, 0.4) is 0 Å². The summed E-state index contributed by atoms with van der Waals surface area (Å²) < 4.78 is 12.0. The van der Waals surface area contributed by atoms with Gasteiger partial charge in [0.1, 0.15) is 5.57 Å². The third kappa shape index (κ3) is 3.12. The van der Waals surface area contributed by atoms with Gasteiger partial charge in [-0.05, 0) is 59.2 Å². The SMILES string of the molecule is O=C1OC2(CCCCC2)OC(=O)C1=Cc1ccc(I)cc1. The summed E-state index contributed by atoms with van der Waals surface area (Å²) in [6.07, 6.45) is 5.63. The molecule has 1 aromatic rings. The lowest BCUT2D eigenvalue weighted by Crippen LogP contribution is -2.47. The van der Waals surface area contributed by atoms with Crippen molar-refractivity contribution in [2.24, 2.45) is 0 Å². The second-order valence-electron chi connectivity index (χ2n) is 5.36. The summed E-state index contributed by atoms with van der Waals surface area (Å²) in [5, 5.41) is 0. The monoisotopic (exact) mass is 398 g/mol. The van der Waals surface area contributed by atoms with E-state index < -0.39 is 17.7 Å². The maximum Gasteiger partial charge on any atom is 0.348 e. The van der Waals surface area contributed by atoms with E-state index >= 15 is 0 Å². The molecule has 1 aromatic carbocycles. The van der Waals surface area contributed by atoms with Gasteiger partial charge in [-0.2, -0.15) is 0 Å². The van der Waals surface area contributed by atoms with Crippen LogP contribution in [0, 0.1) is 3.57 Å². The van der Waals surface area contributed by atoms with Gasteiger partial charge >= 0.3 is 11.9 Å². The first-order chi connectivity index (χ1) is 10.1. The van der Waals surface area contributed by atoms with Crippen LogP contribution in [0.15, 0.2) is 29.8 Å². The number of hydrogen-bond acceptors (Lipinski definition) is 4. The van der Waals surface area contributed by atoms with Gasteiger partial charge in [0, 0.05) is 16.4 Å². The third-order valence-electron chi connectivity index (χ3n) is 3.79. The highest BCUT2D eigenvalue weighted by atomic mass is 127. The van der Waals surface area contributed by atoms with Gasteiger partial charge in [0.25, 0.3) is 5.79 Å². The first kappa shape index (κ1) is 14.6. The first-order valence-electron chi connectivity index (χ1n) is 7.02. The summed E-state index contributed by atoms with van der Waals surface area (Å²) >= 11 is 2.20. The van der Waals surface area contributed by atoms with Crippen molar-refractivity contribution >= 4 is 40.6 Å². The van der Waals surface area contributed by atoms with Crippen molar-refractivity contribution in [2.75, 3.05) is 0 Å². The normalized spacial score (nSPS) is 20.9. The van der Waals surface area contributed by atoms with Gasteiger partial charge < -0.3 is 9.47 Å². The molecule has 110 valence electrons. The number of carbonyl (C=O) groups excluding carboxylic acids is 2. The Labute approximate surface area is 136 Å². The van der Waals surface area contributed by atoms with Crippen molar-refractivity contribution in [3.63, 3.8) is 0 Å². The molecule has 2 aliphatic rings. The van der Waals surface area contributed by atoms with Crippen LogP contribution in [0.25, 0.3) is 6.08 Å². The largest absolute Gasteiger partial charge is 0.419 e. The van der Waals surface area contributed by atoms with E-state index in [0.29, 0.717) is 12.8 Å². The van der Waals surface area contributed by atoms with Crippen LogP contribution in [-0.4, -0.2) is 17.7 Å². The number of carbonyl (C=O) groups is 2. The van der Waals surface area contributed by atoms with Crippen molar-refractivity contribution in [1.29, 1.82) is 0 Å². The average molecular weight is 398 g/mol. The van der Waals surface area contributed by atoms with Crippen LogP contribution >= 0.6 is 22.6 Å². The average Bonchev–Trinajstić information content (AvgIpc) is 2.46. The topological polar surface area (TPSA) is 52.6 Å². The van der Waals surface area contributed by atoms with Gasteiger partial charge in [-0.1, -0.05) is 18.6 Å². The second kappa shape index (κ2) is 5.79. The van der Waals surface area contributed by atoms with Crippen molar-refractivity contribution < 1.29 is 19.1 Å². The predicted molar refractivity (Wildman–Crippen MR) is 85.1 cm³/mol. The van der Waals surface area contributed by atoms with Crippen molar-refractivity contribution in [3.8, 4) is 0 Å². The fraction of sp³-hybridized carbons (Fsp3) is 0.375. The summed E-state index contributed by atoms with van der Waals surface area (Å²) in [7, 11) is 0. The van der Waals surface area contributed by atoms with Crippen LogP contribution in [0.4, 0.5) is 0 Å². The summed E-state index contributed by atoms with van der Waals surface area (Å²) in [4.78, 5) is 24.3. The lowest BCUT2D eigenvalue weighted by atomic mass is 9.93. The minimum Gasteiger partial charge on any atom is -0.419 e. The molecule has 0 unspecified atom stereocenters. The van der Waals surface area contributed by atoms with E-state index in [-0.39, 0.29) is 5.57 Å². The number of benzene rings is 1. The lowest BCUT2D eigenvalue weighted by molar-refractivity contribution is -0.244. The minimum absolute atomic E-state index is 0.0348. The molecule has 0 radical (unpaired) electrons. The van der Waals surface area contributed by atoms with Gasteiger partial charge in [0.2, 0.25) is 0 Å². The Kier molecular flexibility index (Phi) is 4.01. The highest BCUT2D eigenvalue weighted by Crippen LogP contribution is 2.37. The Morgan fingerprint density at radius 2 is 1.52 bits per heavy atom. The van der Waals surface area contributed by atoms with Gasteiger partial charge in [-0.25, -0.2) is 9.59 Å². The van der Waals surface area contributed by atoms with Crippen molar-refractivity contribution in [2.45, 2.75) is 37.9 Å². The van der Waals surface area contributed by atoms with E-state index in [1.54, 1.807) is 0 Å². The van der Waals surface area contributed by atoms with E-state index in [2.05, 4.69) is 22.6 Å². The Bertz CT molecular complexity index is 575. The van der Waals surface area contributed by atoms with E-state index in [4.69, 9.17) is 9.47 Å². The van der Waals surface area contributed by atoms with Crippen LogP contribution < -0.4 is 0 Å². The zero-order chi connectivity index (χ0) is 14.9. The molecule has 3 rings (SSSR count). The Morgan fingerprint density at radius 3 is 2.10 bits per heavy atom. The summed E-state index contributed by atoms with van der Waals surface area (Å²) in [5.41, 5.74) is 0.742. The molecule has 2 fully saturated rings. The Hall–Kier alpha value is -1.37. The molecule has 5 heteroatoms. The molecule has 4 nitrogen and oxygen atoms in total. The maximum atomic E-state index is 12.2. The second-order valence-corrected chi connectivity index (χ2v) is 6.61. The van der Waals surface area contributed by atoms with Gasteiger partial charge in [-0.3, -0.25) is 0 Å². The molecular weight excluding hydrogens is 383 g/mol. The molecule has 1 saturated carbocycles. The first-order valence-corrected chi connectivity index (χ1v) is 8.10. The van der Waals surface area contributed by atoms with E-state index in [0.717, 1.165) is 28.4 Å². The smallest absolute Gasteiger partial charge is 0.348 e. The standard InChI is InChI=1S/C16H15IO4/c17-12-6-4-11(5-7-12)10-13-14(18)20-16(21-15(13)19)8-2-1-3-9-16/h4-7,10H,1-3,8-9H2. The molecule has 1 aliphatic heterocycles. The zero-order valence-corrected chi connectivity index (χ0v) is 13.6. The molecule has 1 heterocycles. The molecule has 21 heavy (non-hydrogen) atoms. The van der Waals surface area contributed by atoms with Gasteiger partial charge in [0.05, 0.1) is 0 Å². The predicted octanol–water partition coefficient (Wildman–Crippen LogP) is 3.44. The summed E-state index contributed by atoms with van der Waals surface area (Å²) in [5.74, 6) is -2.17. The summed E-state index contributed by atoms with van der Waals surface area (Å²) in [6.45, 7) is 0. The van der Waals surface area contributed by atoms with Crippen LogP contribution in [0.2, 0.25) is 0 Å². The number of rotatable bonds is 1. The number of esters is 2. The number of ether oxygens (including phenoxy) is 2. The van der Waals surface area contributed by atoms with E-state index in [1.165, 1.54) is 6.08 Å². The molecular formula is C16H15IO4. The Balaban J connectivity index is 1.83. The third-order valence-corrected chi connectivity index (χ3v) is 4.51. The quantitative estimate of drug-likeness (QED) is 0.315. The zero-order valence-electron chi connectivity index (χ0n) is 11.4. The fourth-order valence-corrected chi connectivity index (χ4v) is 3.05. The van der Waals surface area contributed by atoms with Crippen molar-refractivity contribution in [1.82, 2.24) is 0 Å². The number of hydrogen-bond donors (Lipinski definition) is 0.